The molecule has 0 radical (unpaired) electrons. The zero-order valence-corrected chi connectivity index (χ0v) is 12.1. The van der Waals surface area contributed by atoms with Crippen molar-refractivity contribution >= 4 is 46.5 Å². The molecule has 106 valence electrons. The molecule has 0 atom stereocenters. The molecule has 2 aromatic heterocycles. The second-order valence-corrected chi connectivity index (χ2v) is 4.92. The summed E-state index contributed by atoms with van der Waals surface area (Å²) in [5.41, 5.74) is 1.03. The van der Waals surface area contributed by atoms with E-state index >= 15 is 0 Å². The number of anilines is 2. The van der Waals surface area contributed by atoms with Crippen LogP contribution in [0.4, 0.5) is 16.4 Å². The number of hydrogen-bond acceptors (Lipinski definition) is 3. The van der Waals surface area contributed by atoms with Gasteiger partial charge in [-0.2, -0.15) is 0 Å². The number of pyridine rings is 1. The topological polar surface area (TPSA) is 71.3 Å². The monoisotopic (exact) mass is 321 g/mol. The summed E-state index contributed by atoms with van der Waals surface area (Å²) < 4.78 is 1.52. The van der Waals surface area contributed by atoms with E-state index in [0.717, 1.165) is 0 Å². The average Bonchev–Trinajstić information content (AvgIpc) is 2.86. The molecule has 2 N–H and O–H groups in total. The van der Waals surface area contributed by atoms with Crippen LogP contribution in [0.1, 0.15) is 0 Å². The van der Waals surface area contributed by atoms with Crippen molar-refractivity contribution in [3.8, 4) is 0 Å². The van der Waals surface area contributed by atoms with E-state index in [0.29, 0.717) is 21.5 Å². The van der Waals surface area contributed by atoms with Gasteiger partial charge in [-0.05, 0) is 24.3 Å². The maximum atomic E-state index is 12.0. The first kappa shape index (κ1) is 13.7. The van der Waals surface area contributed by atoms with Crippen LogP contribution >= 0.6 is 23.2 Å². The molecule has 0 spiro atoms. The Balaban J connectivity index is 1.83. The molecule has 0 saturated heterocycles. The lowest BCUT2D eigenvalue weighted by Gasteiger charge is -2.08. The highest BCUT2D eigenvalue weighted by molar-refractivity contribution is 6.33. The molecule has 3 aromatic rings. The van der Waals surface area contributed by atoms with Gasteiger partial charge in [0.2, 0.25) is 5.95 Å². The smallest absolute Gasteiger partial charge is 0.306 e. The number of amides is 2. The van der Waals surface area contributed by atoms with E-state index in [1.165, 1.54) is 4.40 Å². The van der Waals surface area contributed by atoms with Crippen molar-refractivity contribution in [1.29, 1.82) is 0 Å². The van der Waals surface area contributed by atoms with Crippen molar-refractivity contribution in [3.05, 3.63) is 52.6 Å². The van der Waals surface area contributed by atoms with Crippen LogP contribution in [0.25, 0.3) is 5.65 Å². The van der Waals surface area contributed by atoms with E-state index in [2.05, 4.69) is 20.8 Å². The van der Waals surface area contributed by atoms with Crippen LogP contribution in [-0.2, 0) is 0 Å². The molecular formula is C13H9Cl2N5O. The lowest BCUT2D eigenvalue weighted by molar-refractivity contribution is 0.262. The first-order valence-electron chi connectivity index (χ1n) is 5.97. The molecule has 0 aliphatic rings. The molecule has 2 heterocycles. The number of carbonyl (C=O) groups is 1. The van der Waals surface area contributed by atoms with E-state index in [-0.39, 0.29) is 5.95 Å². The minimum Gasteiger partial charge on any atom is -0.306 e. The minimum absolute atomic E-state index is 0.222. The average molecular weight is 322 g/mol. The van der Waals surface area contributed by atoms with Gasteiger partial charge in [-0.15, -0.1) is 10.2 Å². The van der Waals surface area contributed by atoms with Crippen LogP contribution < -0.4 is 10.6 Å². The normalized spacial score (nSPS) is 10.6. The van der Waals surface area contributed by atoms with Crippen molar-refractivity contribution < 1.29 is 4.79 Å². The van der Waals surface area contributed by atoms with Crippen LogP contribution in [0, 0.1) is 0 Å². The van der Waals surface area contributed by atoms with Crippen LogP contribution in [0.5, 0.6) is 0 Å². The third-order valence-corrected chi connectivity index (χ3v) is 3.35. The Morgan fingerprint density at radius 2 is 1.81 bits per heavy atom. The van der Waals surface area contributed by atoms with Crippen LogP contribution in [0.15, 0.2) is 42.5 Å². The third-order valence-electron chi connectivity index (χ3n) is 2.73. The number of hydrogen-bond donors (Lipinski definition) is 2. The summed E-state index contributed by atoms with van der Waals surface area (Å²) in [5.74, 6) is 0.222. The molecule has 8 heteroatoms. The second-order valence-electron chi connectivity index (χ2n) is 4.12. The molecule has 0 fully saturated rings. The zero-order valence-electron chi connectivity index (χ0n) is 10.5. The van der Waals surface area contributed by atoms with Gasteiger partial charge in [0.25, 0.3) is 0 Å². The van der Waals surface area contributed by atoms with Gasteiger partial charge in [0.05, 0.1) is 10.7 Å². The van der Waals surface area contributed by atoms with Gasteiger partial charge in [-0.25, -0.2) is 4.79 Å². The number of benzene rings is 1. The molecular weight excluding hydrogens is 313 g/mol. The molecule has 0 saturated carbocycles. The van der Waals surface area contributed by atoms with E-state index in [1.54, 1.807) is 42.5 Å². The van der Waals surface area contributed by atoms with Crippen LogP contribution in [0.2, 0.25) is 10.2 Å². The van der Waals surface area contributed by atoms with E-state index in [1.807, 2.05) is 0 Å². The second kappa shape index (κ2) is 5.59. The maximum Gasteiger partial charge on any atom is 0.326 e. The number of halogens is 2. The highest BCUT2D eigenvalue weighted by Gasteiger charge is 2.12. The number of aromatic nitrogens is 3. The van der Waals surface area contributed by atoms with Crippen molar-refractivity contribution in [3.63, 3.8) is 0 Å². The van der Waals surface area contributed by atoms with Crippen molar-refractivity contribution in [2.24, 2.45) is 0 Å². The summed E-state index contributed by atoms with van der Waals surface area (Å²) >= 11 is 12.0. The standard InChI is InChI=1S/C13H9Cl2N5O/c14-8-4-1-2-5-9(8)16-13(21)17-12-19-18-11-7-3-6-10(15)20(11)12/h1-7H,(H2,16,17,19,21). The summed E-state index contributed by atoms with van der Waals surface area (Å²) in [5, 5.41) is 13.8. The number of nitrogens with one attached hydrogen (secondary N) is 2. The fourth-order valence-electron chi connectivity index (χ4n) is 1.80. The molecule has 0 aliphatic carbocycles. The summed E-state index contributed by atoms with van der Waals surface area (Å²) in [6, 6.07) is 11.6. The largest absolute Gasteiger partial charge is 0.326 e. The van der Waals surface area contributed by atoms with Gasteiger partial charge in [-0.1, -0.05) is 41.4 Å². The zero-order chi connectivity index (χ0) is 14.8. The Morgan fingerprint density at radius 3 is 2.62 bits per heavy atom. The Morgan fingerprint density at radius 1 is 1.00 bits per heavy atom. The first-order valence-corrected chi connectivity index (χ1v) is 6.73. The highest BCUT2D eigenvalue weighted by atomic mass is 35.5. The number of para-hydroxylation sites is 1. The molecule has 1 aromatic carbocycles. The SMILES string of the molecule is O=C(Nc1ccccc1Cl)Nc1nnc2cccc(Cl)n12. The van der Waals surface area contributed by atoms with Crippen molar-refractivity contribution in [2.75, 3.05) is 10.6 Å². The fourth-order valence-corrected chi connectivity index (χ4v) is 2.22. The Labute approximate surface area is 129 Å². The Bertz CT molecular complexity index is 817. The molecule has 6 nitrogen and oxygen atoms in total. The van der Waals surface area contributed by atoms with E-state index in [4.69, 9.17) is 23.2 Å². The first-order chi connectivity index (χ1) is 10.1. The molecule has 2 amide bonds. The summed E-state index contributed by atoms with van der Waals surface area (Å²) in [4.78, 5) is 12.0. The molecule has 21 heavy (non-hydrogen) atoms. The number of carbonyl (C=O) groups excluding carboxylic acids is 1. The molecule has 0 bridgehead atoms. The summed E-state index contributed by atoms with van der Waals surface area (Å²) in [6.45, 7) is 0. The summed E-state index contributed by atoms with van der Waals surface area (Å²) in [6.07, 6.45) is 0. The molecule has 0 unspecified atom stereocenters. The van der Waals surface area contributed by atoms with Gasteiger partial charge in [0, 0.05) is 0 Å². The van der Waals surface area contributed by atoms with Crippen molar-refractivity contribution in [1.82, 2.24) is 14.6 Å². The fraction of sp³-hybridized carbons (Fsp3) is 0. The minimum atomic E-state index is -0.489. The molecule has 0 aliphatic heterocycles. The van der Waals surface area contributed by atoms with Gasteiger partial charge in [0.1, 0.15) is 5.15 Å². The number of nitrogens with zero attached hydrogens (tertiary/aromatic N) is 3. The van der Waals surface area contributed by atoms with Gasteiger partial charge < -0.3 is 5.32 Å². The predicted octanol–water partition coefficient (Wildman–Crippen LogP) is 3.68. The van der Waals surface area contributed by atoms with Crippen LogP contribution in [-0.4, -0.2) is 20.6 Å². The van der Waals surface area contributed by atoms with E-state index < -0.39 is 6.03 Å². The Kier molecular flexibility index (Phi) is 3.64. The lowest BCUT2D eigenvalue weighted by atomic mass is 10.3. The summed E-state index contributed by atoms with van der Waals surface area (Å²) in [7, 11) is 0. The Hall–Kier alpha value is -2.31. The number of urea groups is 1. The number of fused-ring (bicyclic) bond motifs is 1. The molecule has 3 rings (SSSR count). The maximum absolute atomic E-state index is 12.0. The quantitative estimate of drug-likeness (QED) is 0.707. The van der Waals surface area contributed by atoms with Gasteiger partial charge >= 0.3 is 6.03 Å². The van der Waals surface area contributed by atoms with Crippen LogP contribution in [0.3, 0.4) is 0 Å². The highest BCUT2D eigenvalue weighted by Crippen LogP contribution is 2.21. The van der Waals surface area contributed by atoms with Gasteiger partial charge in [-0.3, -0.25) is 9.72 Å². The van der Waals surface area contributed by atoms with Gasteiger partial charge in [0.15, 0.2) is 5.65 Å². The van der Waals surface area contributed by atoms with Crippen molar-refractivity contribution in [2.45, 2.75) is 0 Å². The lowest BCUT2D eigenvalue weighted by Crippen LogP contribution is -2.21. The number of rotatable bonds is 2. The van der Waals surface area contributed by atoms with E-state index in [9.17, 15) is 4.79 Å². The predicted molar refractivity (Wildman–Crippen MR) is 82.1 cm³/mol. The third kappa shape index (κ3) is 2.76.